The van der Waals surface area contributed by atoms with E-state index in [0.29, 0.717) is 0 Å². The summed E-state index contributed by atoms with van der Waals surface area (Å²) in [5.41, 5.74) is -7.81. The van der Waals surface area contributed by atoms with Crippen molar-refractivity contribution in [2.75, 3.05) is 0 Å². The molecular formula is C11H6Cl2F6N2. The molecule has 0 saturated heterocycles. The number of halogens is 8. The number of alkyl halides is 8. The lowest BCUT2D eigenvalue weighted by Gasteiger charge is -2.49. The molecule has 0 heterocycles. The first-order chi connectivity index (χ1) is 9.42. The zero-order valence-electron chi connectivity index (χ0n) is 9.93. The molecule has 0 aromatic rings. The Labute approximate surface area is 125 Å². The second-order valence-electron chi connectivity index (χ2n) is 5.17. The number of nitrogens with zero attached hydrogens (tertiary/aromatic N) is 2. The second-order valence-corrected chi connectivity index (χ2v) is 6.18. The highest BCUT2D eigenvalue weighted by Gasteiger charge is 2.91. The van der Waals surface area contributed by atoms with Gasteiger partial charge in [0.05, 0.1) is 22.9 Å². The number of rotatable bonds is 0. The molecule has 21 heavy (non-hydrogen) atoms. The summed E-state index contributed by atoms with van der Waals surface area (Å²) < 4.78 is 80.5. The van der Waals surface area contributed by atoms with Crippen LogP contribution in [0.5, 0.6) is 0 Å². The van der Waals surface area contributed by atoms with Gasteiger partial charge >= 0.3 is 12.4 Å². The van der Waals surface area contributed by atoms with Gasteiger partial charge in [0.15, 0.2) is 10.8 Å². The molecule has 2 saturated carbocycles. The highest BCUT2D eigenvalue weighted by atomic mass is 35.5. The van der Waals surface area contributed by atoms with Gasteiger partial charge in [-0.1, -0.05) is 0 Å². The maximum absolute atomic E-state index is 13.4. The molecule has 10 heteroatoms. The Morgan fingerprint density at radius 3 is 1.57 bits per heavy atom. The molecule has 0 spiro atoms. The summed E-state index contributed by atoms with van der Waals surface area (Å²) in [7, 11) is 0. The molecule has 0 aromatic heterocycles. The average Bonchev–Trinajstić information content (AvgIpc) is 2.80. The van der Waals surface area contributed by atoms with Gasteiger partial charge in [-0.15, -0.1) is 23.2 Å². The third kappa shape index (κ3) is 1.55. The summed E-state index contributed by atoms with van der Waals surface area (Å²) in [6.45, 7) is 0. The molecule has 2 bridgehead atoms. The van der Waals surface area contributed by atoms with Crippen LogP contribution in [0.25, 0.3) is 0 Å². The average molecular weight is 351 g/mol. The van der Waals surface area contributed by atoms with Crippen molar-refractivity contribution in [1.82, 2.24) is 0 Å². The molecule has 2 aliphatic carbocycles. The van der Waals surface area contributed by atoms with Crippen LogP contribution in [-0.2, 0) is 0 Å². The Hall–Kier alpha value is -0.860. The van der Waals surface area contributed by atoms with Crippen LogP contribution < -0.4 is 0 Å². The van der Waals surface area contributed by atoms with E-state index in [2.05, 4.69) is 0 Å². The largest absolute Gasteiger partial charge is 0.406 e. The van der Waals surface area contributed by atoms with Crippen molar-refractivity contribution in [2.45, 2.75) is 29.5 Å². The molecule has 2 fully saturated rings. The molecular weight excluding hydrogens is 345 g/mol. The predicted molar refractivity (Wildman–Crippen MR) is 59.1 cm³/mol. The molecule has 116 valence electrons. The summed E-state index contributed by atoms with van der Waals surface area (Å²) in [5, 5.41) is 15.1. The van der Waals surface area contributed by atoms with Crippen molar-refractivity contribution in [3.05, 3.63) is 0 Å². The Morgan fingerprint density at radius 1 is 0.857 bits per heavy atom. The lowest BCUT2D eigenvalue weighted by atomic mass is 9.55. The van der Waals surface area contributed by atoms with E-state index in [1.165, 1.54) is 0 Å². The van der Waals surface area contributed by atoms with Gasteiger partial charge in [-0.25, -0.2) is 0 Å². The molecule has 2 nitrogen and oxygen atoms in total. The first-order valence-corrected chi connectivity index (χ1v) is 6.53. The van der Waals surface area contributed by atoms with Crippen LogP contribution in [-0.4, -0.2) is 23.1 Å². The molecule has 0 aromatic carbocycles. The van der Waals surface area contributed by atoms with Gasteiger partial charge in [0, 0.05) is 11.8 Å². The predicted octanol–water partition coefficient (Wildman–Crippen LogP) is 4.00. The van der Waals surface area contributed by atoms with Gasteiger partial charge in [0.1, 0.15) is 0 Å². The standard InChI is InChI=1S/C11H6Cl2F6N2/c12-6-4-1-5(7(6)13)9(10(14,15)16,11(17,18)19)8(4,2-20)3-21/h4-7H,1H2/t4-,5+,6-,7+/m1/s1. The fraction of sp³-hybridized carbons (Fsp3) is 0.818. The van der Waals surface area contributed by atoms with Crippen LogP contribution in [0.1, 0.15) is 6.42 Å². The minimum atomic E-state index is -5.85. The summed E-state index contributed by atoms with van der Waals surface area (Å²) in [4.78, 5) is 0. The zero-order chi connectivity index (χ0) is 16.4. The lowest BCUT2D eigenvalue weighted by Crippen LogP contribution is -2.66. The summed E-state index contributed by atoms with van der Waals surface area (Å²) >= 11 is 11.4. The van der Waals surface area contributed by atoms with Crippen LogP contribution in [0.3, 0.4) is 0 Å². The van der Waals surface area contributed by atoms with Gasteiger partial charge < -0.3 is 0 Å². The Kier molecular flexibility index (Phi) is 3.40. The lowest BCUT2D eigenvalue weighted by molar-refractivity contribution is -0.376. The van der Waals surface area contributed by atoms with Crippen LogP contribution in [0, 0.1) is 45.3 Å². The molecule has 0 aliphatic heterocycles. The van der Waals surface area contributed by atoms with Crippen molar-refractivity contribution in [2.24, 2.45) is 22.7 Å². The third-order valence-electron chi connectivity index (χ3n) is 4.56. The zero-order valence-corrected chi connectivity index (χ0v) is 11.4. The quantitative estimate of drug-likeness (QED) is 0.489. The molecule has 0 amide bonds. The van der Waals surface area contributed by atoms with E-state index in [4.69, 9.17) is 33.7 Å². The van der Waals surface area contributed by atoms with Crippen molar-refractivity contribution in [3.63, 3.8) is 0 Å². The summed E-state index contributed by atoms with van der Waals surface area (Å²) in [6, 6.07) is 1.94. The van der Waals surface area contributed by atoms with Crippen LogP contribution in [0.4, 0.5) is 26.3 Å². The molecule has 4 atom stereocenters. The van der Waals surface area contributed by atoms with Gasteiger partial charge in [-0.05, 0) is 6.42 Å². The van der Waals surface area contributed by atoms with E-state index in [1.807, 2.05) is 0 Å². The minimum Gasteiger partial charge on any atom is -0.197 e. The Bertz CT molecular complexity index is 515. The number of hydrogen-bond donors (Lipinski definition) is 0. The fourth-order valence-corrected chi connectivity index (χ4v) is 4.72. The van der Waals surface area contributed by atoms with Gasteiger partial charge in [-0.3, -0.25) is 0 Å². The molecule has 2 rings (SSSR count). The van der Waals surface area contributed by atoms with Gasteiger partial charge in [0.25, 0.3) is 0 Å². The van der Waals surface area contributed by atoms with Crippen molar-refractivity contribution >= 4 is 23.2 Å². The van der Waals surface area contributed by atoms with E-state index in [-0.39, 0.29) is 0 Å². The van der Waals surface area contributed by atoms with E-state index in [1.54, 1.807) is 0 Å². The highest BCUT2D eigenvalue weighted by Crippen LogP contribution is 2.77. The first kappa shape index (κ1) is 16.5. The highest BCUT2D eigenvalue weighted by molar-refractivity contribution is 6.31. The Morgan fingerprint density at radius 2 is 1.24 bits per heavy atom. The fourth-order valence-electron chi connectivity index (χ4n) is 3.79. The number of nitriles is 2. The molecule has 0 radical (unpaired) electrons. The number of hydrogen-bond acceptors (Lipinski definition) is 2. The third-order valence-corrected chi connectivity index (χ3v) is 5.84. The van der Waals surface area contributed by atoms with Crippen molar-refractivity contribution < 1.29 is 26.3 Å². The smallest absolute Gasteiger partial charge is 0.197 e. The SMILES string of the molecule is N#CC1(C#N)[C@@H]2C[C@@H]([C@H](Cl)[C@@H]2Cl)C1(C(F)(F)F)C(F)(F)F. The Balaban J connectivity index is 2.86. The van der Waals surface area contributed by atoms with Crippen molar-refractivity contribution in [3.8, 4) is 12.1 Å². The summed E-state index contributed by atoms with van der Waals surface area (Å²) in [5.74, 6) is -3.75. The molecule has 0 N–H and O–H groups in total. The molecule has 2 aliphatic rings. The van der Waals surface area contributed by atoms with E-state index < -0.39 is 52.2 Å². The van der Waals surface area contributed by atoms with E-state index in [0.717, 1.165) is 12.1 Å². The maximum atomic E-state index is 13.4. The van der Waals surface area contributed by atoms with Gasteiger partial charge in [0.2, 0.25) is 0 Å². The van der Waals surface area contributed by atoms with Crippen LogP contribution in [0.15, 0.2) is 0 Å². The van der Waals surface area contributed by atoms with Crippen LogP contribution in [0.2, 0.25) is 0 Å². The van der Waals surface area contributed by atoms with Crippen LogP contribution >= 0.6 is 23.2 Å². The van der Waals surface area contributed by atoms with Gasteiger partial charge in [-0.2, -0.15) is 36.9 Å². The normalized spacial score (nSPS) is 37.0. The first-order valence-electron chi connectivity index (χ1n) is 5.66. The summed E-state index contributed by atoms with van der Waals surface area (Å²) in [6.07, 6.45) is -12.4. The van der Waals surface area contributed by atoms with E-state index in [9.17, 15) is 26.3 Å². The topological polar surface area (TPSA) is 47.6 Å². The monoisotopic (exact) mass is 350 g/mol. The minimum absolute atomic E-state index is 0.664. The van der Waals surface area contributed by atoms with Crippen molar-refractivity contribution in [1.29, 1.82) is 10.5 Å². The molecule has 0 unspecified atom stereocenters. The number of fused-ring (bicyclic) bond motifs is 2. The maximum Gasteiger partial charge on any atom is 0.406 e. The second kappa shape index (κ2) is 4.33. The van der Waals surface area contributed by atoms with E-state index >= 15 is 0 Å².